The first-order valence-corrected chi connectivity index (χ1v) is 9.39. The Hall–Kier alpha value is -3.79. The standard InChI is InChI=1S/C20H21FN8O/c21-15-1-2-18(24-13-15)25-14-26-20(29-7-9-30-10-8-29)12-17(22)27-16-3-5-28-6-4-23-19(28)11-16/h1-6,11-14H,7-10H2,(H2,22,27)(H,24,25,26)/b20-12+. The van der Waals surface area contributed by atoms with Crippen LogP contribution in [0.1, 0.15) is 0 Å². The number of aromatic nitrogens is 3. The number of amidine groups is 1. The smallest absolute Gasteiger partial charge is 0.141 e. The Bertz CT molecular complexity index is 1080. The van der Waals surface area contributed by atoms with Crippen LogP contribution in [0.4, 0.5) is 15.9 Å². The van der Waals surface area contributed by atoms with Gasteiger partial charge in [0.2, 0.25) is 0 Å². The molecule has 0 atom stereocenters. The first-order valence-electron chi connectivity index (χ1n) is 9.39. The maximum Gasteiger partial charge on any atom is 0.141 e. The molecule has 1 fully saturated rings. The van der Waals surface area contributed by atoms with Crippen LogP contribution in [-0.4, -0.2) is 57.7 Å². The van der Waals surface area contributed by atoms with Gasteiger partial charge >= 0.3 is 0 Å². The van der Waals surface area contributed by atoms with E-state index in [2.05, 4.69) is 30.2 Å². The Labute approximate surface area is 172 Å². The summed E-state index contributed by atoms with van der Waals surface area (Å²) in [5.74, 6) is 1.03. The zero-order valence-corrected chi connectivity index (χ0v) is 16.1. The second kappa shape index (κ2) is 9.14. The van der Waals surface area contributed by atoms with Gasteiger partial charge in [0.05, 0.1) is 31.4 Å². The number of hydrogen-bond donors (Lipinski definition) is 2. The summed E-state index contributed by atoms with van der Waals surface area (Å²) in [5, 5.41) is 2.92. The molecule has 30 heavy (non-hydrogen) atoms. The number of halogens is 1. The highest BCUT2D eigenvalue weighted by atomic mass is 19.1. The normalized spacial score (nSPS) is 15.8. The van der Waals surface area contributed by atoms with Gasteiger partial charge < -0.3 is 25.1 Å². The number of nitrogens with two attached hydrogens (primary N) is 1. The Morgan fingerprint density at radius 2 is 2.07 bits per heavy atom. The summed E-state index contributed by atoms with van der Waals surface area (Å²) >= 11 is 0. The van der Waals surface area contributed by atoms with Crippen molar-refractivity contribution in [2.75, 3.05) is 31.6 Å². The quantitative estimate of drug-likeness (QED) is 0.478. The molecule has 0 aliphatic carbocycles. The molecular formula is C20H21FN8O. The highest BCUT2D eigenvalue weighted by molar-refractivity contribution is 5.94. The maximum atomic E-state index is 13.0. The van der Waals surface area contributed by atoms with Crippen LogP contribution in [0.2, 0.25) is 0 Å². The van der Waals surface area contributed by atoms with Crippen LogP contribution in [0.5, 0.6) is 0 Å². The van der Waals surface area contributed by atoms with Crippen molar-refractivity contribution in [2.45, 2.75) is 0 Å². The van der Waals surface area contributed by atoms with Gasteiger partial charge in [-0.1, -0.05) is 0 Å². The number of hydrogen-bond acceptors (Lipinski definition) is 6. The largest absolute Gasteiger partial charge is 0.384 e. The van der Waals surface area contributed by atoms with Crippen LogP contribution in [0.15, 0.2) is 70.9 Å². The molecule has 9 nitrogen and oxygen atoms in total. The Morgan fingerprint density at radius 3 is 2.87 bits per heavy atom. The molecule has 1 saturated heterocycles. The molecule has 0 amide bonds. The molecule has 1 aliphatic rings. The summed E-state index contributed by atoms with van der Waals surface area (Å²) in [5.41, 5.74) is 7.66. The number of anilines is 1. The van der Waals surface area contributed by atoms with Gasteiger partial charge in [-0.25, -0.2) is 24.3 Å². The van der Waals surface area contributed by atoms with E-state index in [0.717, 1.165) is 11.8 Å². The molecule has 10 heteroatoms. The van der Waals surface area contributed by atoms with Gasteiger partial charge in [0.15, 0.2) is 0 Å². The minimum atomic E-state index is -0.399. The lowest BCUT2D eigenvalue weighted by atomic mass is 10.3. The van der Waals surface area contributed by atoms with Gasteiger partial charge in [0.1, 0.15) is 28.9 Å². The highest BCUT2D eigenvalue weighted by Crippen LogP contribution is 2.15. The topological polar surface area (TPSA) is 105 Å². The van der Waals surface area contributed by atoms with E-state index in [4.69, 9.17) is 10.5 Å². The molecule has 0 radical (unpaired) electrons. The first kappa shape index (κ1) is 19.5. The average molecular weight is 408 g/mol. The number of aliphatic imine (C=N–C) groups is 2. The zero-order chi connectivity index (χ0) is 20.8. The van der Waals surface area contributed by atoms with Crippen molar-refractivity contribution in [1.82, 2.24) is 19.3 Å². The fourth-order valence-corrected chi connectivity index (χ4v) is 2.91. The minimum absolute atomic E-state index is 0.310. The van der Waals surface area contributed by atoms with Gasteiger partial charge in [-0.05, 0) is 18.2 Å². The molecule has 3 N–H and O–H groups in total. The van der Waals surface area contributed by atoms with Crippen molar-refractivity contribution in [3.05, 3.63) is 66.8 Å². The highest BCUT2D eigenvalue weighted by Gasteiger charge is 2.13. The lowest BCUT2D eigenvalue weighted by Crippen LogP contribution is -2.35. The number of nitrogens with one attached hydrogen (secondary N) is 1. The van der Waals surface area contributed by atoms with Crippen molar-refractivity contribution in [1.29, 1.82) is 0 Å². The van der Waals surface area contributed by atoms with Crippen LogP contribution in [0.25, 0.3) is 5.65 Å². The maximum absolute atomic E-state index is 13.0. The molecule has 0 bridgehead atoms. The van der Waals surface area contributed by atoms with E-state index in [1.54, 1.807) is 12.3 Å². The second-order valence-corrected chi connectivity index (χ2v) is 6.48. The third kappa shape index (κ3) is 4.97. The fourth-order valence-electron chi connectivity index (χ4n) is 2.91. The second-order valence-electron chi connectivity index (χ2n) is 6.48. The summed E-state index contributed by atoms with van der Waals surface area (Å²) in [6, 6.07) is 6.55. The predicted molar refractivity (Wildman–Crippen MR) is 113 cm³/mol. The van der Waals surface area contributed by atoms with Crippen LogP contribution in [0, 0.1) is 5.82 Å². The van der Waals surface area contributed by atoms with Crippen molar-refractivity contribution in [3.63, 3.8) is 0 Å². The van der Waals surface area contributed by atoms with Crippen LogP contribution >= 0.6 is 0 Å². The molecule has 3 aromatic heterocycles. The molecule has 154 valence electrons. The summed E-state index contributed by atoms with van der Waals surface area (Å²) in [6.07, 6.45) is 9.79. The summed E-state index contributed by atoms with van der Waals surface area (Å²) in [7, 11) is 0. The van der Waals surface area contributed by atoms with Gasteiger partial charge in [-0.2, -0.15) is 0 Å². The van der Waals surface area contributed by atoms with Gasteiger partial charge in [0.25, 0.3) is 0 Å². The minimum Gasteiger partial charge on any atom is -0.384 e. The van der Waals surface area contributed by atoms with Crippen LogP contribution in [0.3, 0.4) is 0 Å². The van der Waals surface area contributed by atoms with Gasteiger partial charge in [-0.15, -0.1) is 0 Å². The van der Waals surface area contributed by atoms with Crippen LogP contribution < -0.4 is 11.1 Å². The van der Waals surface area contributed by atoms with Crippen molar-refractivity contribution in [3.8, 4) is 0 Å². The molecular weight excluding hydrogens is 387 g/mol. The third-order valence-corrected chi connectivity index (χ3v) is 4.39. The third-order valence-electron chi connectivity index (χ3n) is 4.39. The Kier molecular flexibility index (Phi) is 5.95. The Balaban J connectivity index is 1.54. The van der Waals surface area contributed by atoms with Crippen LogP contribution in [-0.2, 0) is 4.74 Å². The zero-order valence-electron chi connectivity index (χ0n) is 16.1. The van der Waals surface area contributed by atoms with E-state index < -0.39 is 5.82 Å². The molecule has 0 spiro atoms. The number of nitrogens with zero attached hydrogens (tertiary/aromatic N) is 6. The molecule has 4 rings (SSSR count). The molecule has 4 heterocycles. The van der Waals surface area contributed by atoms with E-state index >= 15 is 0 Å². The van der Waals surface area contributed by atoms with E-state index in [0.29, 0.717) is 49.5 Å². The number of fused-ring (bicyclic) bond motifs is 1. The molecule has 0 aromatic carbocycles. The number of ether oxygens (including phenoxy) is 1. The molecule has 3 aromatic rings. The van der Waals surface area contributed by atoms with Crippen molar-refractivity contribution < 1.29 is 9.13 Å². The lowest BCUT2D eigenvalue weighted by molar-refractivity contribution is 0.0533. The molecule has 1 aliphatic heterocycles. The SMILES string of the molecule is NC(/C=C(\N=C\Nc1ccc(F)cn1)N1CCOCC1)=Nc1ccn2ccnc2c1. The number of pyridine rings is 2. The summed E-state index contributed by atoms with van der Waals surface area (Å²) < 4.78 is 20.3. The molecule has 0 unspecified atom stereocenters. The van der Waals surface area contributed by atoms with E-state index in [9.17, 15) is 4.39 Å². The first-order chi connectivity index (χ1) is 14.7. The Morgan fingerprint density at radius 1 is 1.20 bits per heavy atom. The number of morpholine rings is 1. The lowest BCUT2D eigenvalue weighted by Gasteiger charge is -2.28. The summed E-state index contributed by atoms with van der Waals surface area (Å²) in [4.78, 5) is 19.2. The van der Waals surface area contributed by atoms with E-state index in [-0.39, 0.29) is 0 Å². The van der Waals surface area contributed by atoms with Gasteiger partial charge in [-0.3, -0.25) is 0 Å². The van der Waals surface area contributed by atoms with Crippen molar-refractivity contribution in [2.24, 2.45) is 15.7 Å². The predicted octanol–water partition coefficient (Wildman–Crippen LogP) is 2.17. The number of rotatable bonds is 6. The van der Waals surface area contributed by atoms with Gasteiger partial charge in [0, 0.05) is 43.8 Å². The van der Waals surface area contributed by atoms with E-state index in [1.807, 2.05) is 28.9 Å². The monoisotopic (exact) mass is 408 g/mol. The fraction of sp³-hybridized carbons (Fsp3) is 0.200. The van der Waals surface area contributed by atoms with E-state index in [1.165, 1.54) is 18.5 Å². The summed E-state index contributed by atoms with van der Waals surface area (Å²) in [6.45, 7) is 2.58. The molecule has 0 saturated carbocycles. The number of imidazole rings is 1. The van der Waals surface area contributed by atoms with Crippen molar-refractivity contribution >= 4 is 29.3 Å². The average Bonchev–Trinajstić information content (AvgIpc) is 3.23.